The summed E-state index contributed by atoms with van der Waals surface area (Å²) >= 11 is 0. The molecule has 5 N–H and O–H groups in total. The van der Waals surface area contributed by atoms with Crippen molar-refractivity contribution in [3.05, 3.63) is 0 Å². The van der Waals surface area contributed by atoms with Crippen molar-refractivity contribution >= 4 is 23.7 Å². The maximum Gasteiger partial charge on any atom is 0.422 e. The van der Waals surface area contributed by atoms with Gasteiger partial charge in [0.15, 0.2) is 24.8 Å². The van der Waals surface area contributed by atoms with E-state index in [9.17, 15) is 29.7 Å². The molecule has 3 aliphatic heterocycles. The summed E-state index contributed by atoms with van der Waals surface area (Å²) < 4.78 is 51.4. The van der Waals surface area contributed by atoms with Crippen LogP contribution in [0.25, 0.3) is 0 Å². The summed E-state index contributed by atoms with van der Waals surface area (Å²) in [7, 11) is 5.31. The van der Waals surface area contributed by atoms with Gasteiger partial charge >= 0.3 is 18.0 Å². The van der Waals surface area contributed by atoms with Crippen LogP contribution in [0.4, 0.5) is 4.79 Å². The van der Waals surface area contributed by atoms with Gasteiger partial charge in [-0.2, -0.15) is 0 Å². The molecule has 19 heteroatoms. The number of ether oxygens (including phenoxy) is 8. The highest BCUT2D eigenvalue weighted by molar-refractivity contribution is 5.88. The van der Waals surface area contributed by atoms with Gasteiger partial charge in [-0.25, -0.2) is 10.2 Å². The lowest BCUT2D eigenvalue weighted by Gasteiger charge is -2.49. The van der Waals surface area contributed by atoms with Crippen LogP contribution in [0.5, 0.6) is 0 Å². The predicted molar refractivity (Wildman–Crippen MR) is 277 cm³/mol. The average molecular weight is 1060 g/mol. The van der Waals surface area contributed by atoms with Gasteiger partial charge in [0.25, 0.3) is 0 Å². The molecule has 3 heterocycles. The number of rotatable bonds is 16. The minimum Gasteiger partial charge on any atom is -0.459 e. The summed E-state index contributed by atoms with van der Waals surface area (Å²) in [6.07, 6.45) is 2.85. The van der Waals surface area contributed by atoms with E-state index in [-0.39, 0.29) is 37.5 Å². The fourth-order valence-corrected chi connectivity index (χ4v) is 12.7. The molecule has 0 aromatic heterocycles. The summed E-state index contributed by atoms with van der Waals surface area (Å²) in [6, 6.07) is -0.274. The van der Waals surface area contributed by atoms with E-state index in [1.165, 1.54) is 53.1 Å². The molecule has 2 aliphatic carbocycles. The maximum atomic E-state index is 14.8. The van der Waals surface area contributed by atoms with Gasteiger partial charge in [0.2, 0.25) is 0 Å². The van der Waals surface area contributed by atoms with Crippen LogP contribution in [0, 0.1) is 29.6 Å². The lowest BCUT2D eigenvalue weighted by molar-refractivity contribution is -0.318. The van der Waals surface area contributed by atoms with Gasteiger partial charge in [0.05, 0.1) is 53.8 Å². The van der Waals surface area contributed by atoms with E-state index in [2.05, 4.69) is 10.9 Å². The van der Waals surface area contributed by atoms with Gasteiger partial charge in [-0.05, 0) is 107 Å². The van der Waals surface area contributed by atoms with Crippen LogP contribution in [-0.4, -0.2) is 162 Å². The van der Waals surface area contributed by atoms with E-state index in [0.717, 1.165) is 44.9 Å². The highest BCUT2D eigenvalue weighted by Gasteiger charge is 2.55. The first-order chi connectivity index (χ1) is 34.8. The molecule has 1 unspecified atom stereocenters. The zero-order chi connectivity index (χ0) is 54.7. The van der Waals surface area contributed by atoms with Crippen molar-refractivity contribution in [3.63, 3.8) is 0 Å². The third-order valence-electron chi connectivity index (χ3n) is 17.1. The summed E-state index contributed by atoms with van der Waals surface area (Å²) in [6.45, 7) is 19.1. The van der Waals surface area contributed by atoms with Gasteiger partial charge in [-0.15, -0.1) is 0 Å². The normalized spacial score (nSPS) is 41.2. The number of aliphatic hydroxyl groups is 3. The molecule has 0 spiro atoms. The number of methoxy groups -OCH3 is 1. The number of amides is 1. The Kier molecular flexibility index (Phi) is 23.3. The number of hydrogen-bond donors (Lipinski definition) is 5. The van der Waals surface area contributed by atoms with Crippen molar-refractivity contribution in [2.24, 2.45) is 34.7 Å². The van der Waals surface area contributed by atoms with Crippen LogP contribution in [-0.2, 0) is 52.3 Å². The predicted octanol–water partition coefficient (Wildman–Crippen LogP) is 7.09. The molecule has 5 fully saturated rings. The number of aliphatic hydroxyl groups excluding tert-OH is 1. The lowest BCUT2D eigenvalue weighted by Crippen LogP contribution is -2.62. The second kappa shape index (κ2) is 27.7. The SMILES string of the molecule is CC[C@@H]1OC(=O)[C@H](C)[C@@H](O[C@H]2C[C@@](C)(OC)[C@@H](OC(C)=O)[C@H](C)O2)[C@H](C)[C@@H](O[C@@H]2O[C@H](C)C[C@H](N(C)C)[C@H]2OC(=O)NNC2CCCCC2)C(C)(O)C[C@@H](C)/C(=N\OCCCC2CCCCC2)[C@@H](C)[C@@H](O)[C@]1(C)O. The Morgan fingerprint density at radius 2 is 1.50 bits per heavy atom. The van der Waals surface area contributed by atoms with Gasteiger partial charge in [-0.1, -0.05) is 84.2 Å². The molecular formula is C55H98N4O15. The maximum absolute atomic E-state index is 14.8. The number of nitrogens with zero attached hydrogens (tertiary/aromatic N) is 2. The molecule has 74 heavy (non-hydrogen) atoms. The Balaban J connectivity index is 1.59. The van der Waals surface area contributed by atoms with E-state index in [0.29, 0.717) is 24.7 Å². The quantitative estimate of drug-likeness (QED) is 0.0449. The molecule has 19 nitrogen and oxygen atoms in total. The summed E-state index contributed by atoms with van der Waals surface area (Å²) in [5.74, 6) is -4.06. The largest absolute Gasteiger partial charge is 0.459 e. The molecule has 1 amide bonds. The Bertz CT molecular complexity index is 1790. The number of nitrogens with one attached hydrogen (secondary N) is 2. The van der Waals surface area contributed by atoms with Crippen LogP contribution in [0.15, 0.2) is 5.16 Å². The van der Waals surface area contributed by atoms with Crippen molar-refractivity contribution in [1.29, 1.82) is 0 Å². The van der Waals surface area contributed by atoms with Crippen molar-refractivity contribution in [2.45, 2.75) is 269 Å². The first kappa shape index (κ1) is 62.1. The first-order valence-corrected chi connectivity index (χ1v) is 28.1. The van der Waals surface area contributed by atoms with Crippen molar-refractivity contribution in [3.8, 4) is 0 Å². The Labute approximate surface area is 442 Å². The van der Waals surface area contributed by atoms with Crippen LogP contribution in [0.2, 0.25) is 0 Å². The number of cyclic esters (lactones) is 1. The second-order valence-corrected chi connectivity index (χ2v) is 23.6. The molecule has 2 saturated carbocycles. The molecule has 18 atom stereocenters. The molecule has 5 rings (SSSR count). The van der Waals surface area contributed by atoms with Crippen LogP contribution in [0.3, 0.4) is 0 Å². The summed E-state index contributed by atoms with van der Waals surface area (Å²) in [5, 5.41) is 42.5. The molecular weight excluding hydrogens is 957 g/mol. The summed E-state index contributed by atoms with van der Waals surface area (Å²) in [4.78, 5) is 48.9. The number of carbonyl (C=O) groups is 3. The smallest absolute Gasteiger partial charge is 0.422 e. The molecule has 3 saturated heterocycles. The third kappa shape index (κ3) is 16.2. The summed E-state index contributed by atoms with van der Waals surface area (Å²) in [5.41, 5.74) is 1.44. The molecule has 0 aromatic carbocycles. The van der Waals surface area contributed by atoms with E-state index < -0.39 is 114 Å². The topological polar surface area (TPSA) is 235 Å². The number of oxime groups is 1. The number of hydrazine groups is 1. The van der Waals surface area contributed by atoms with Gasteiger partial charge < -0.3 is 63.0 Å². The fourth-order valence-electron chi connectivity index (χ4n) is 12.7. The standard InChI is InChI=1S/C55H98N4O15/c1-15-42-55(11,65)47(61)34(4)44(58-67-28-22-25-39-23-18-16-19-24-39)32(2)30-53(9,64)48(74-51-46(41(59(12)13)29-33(3)68-51)73-52(63)57-56-40-26-20-17-21-27-40)35(5)45(36(6)50(62)71-42)72-43-31-54(10,66-14)49(37(7)69-43)70-38(8)60/h32-37,39-43,45-49,51,56,61,64-65H,15-31H2,1-14H3,(H,57,63)/b58-44+/t32-,33-,34-,35+,36-,37+,41+,42+,43+,45+,46-,47-,48-,49+,51+,53?,54-,55-/m1/s1. The van der Waals surface area contributed by atoms with Gasteiger partial charge in [0, 0.05) is 44.2 Å². The number of likely N-dealkylation sites (N-methyl/N-ethyl adjacent to an activating group) is 1. The van der Waals surface area contributed by atoms with Crippen molar-refractivity contribution in [2.75, 3.05) is 27.8 Å². The van der Waals surface area contributed by atoms with Gasteiger partial charge in [-0.3, -0.25) is 15.0 Å². The van der Waals surface area contributed by atoms with Crippen LogP contribution >= 0.6 is 0 Å². The van der Waals surface area contributed by atoms with Crippen molar-refractivity contribution < 1.29 is 72.4 Å². The minimum atomic E-state index is -1.97. The number of esters is 2. The van der Waals surface area contributed by atoms with Crippen molar-refractivity contribution in [1.82, 2.24) is 15.8 Å². The lowest BCUT2D eigenvalue weighted by atomic mass is 9.73. The zero-order valence-corrected chi connectivity index (χ0v) is 47.5. The molecule has 0 aromatic rings. The monoisotopic (exact) mass is 1050 g/mol. The Morgan fingerprint density at radius 3 is 2.11 bits per heavy atom. The van der Waals surface area contributed by atoms with Gasteiger partial charge in [0.1, 0.15) is 23.9 Å². The minimum absolute atomic E-state index is 0.0201. The third-order valence-corrected chi connectivity index (χ3v) is 17.1. The van der Waals surface area contributed by atoms with E-state index in [1.54, 1.807) is 41.5 Å². The average Bonchev–Trinajstić information content (AvgIpc) is 3.35. The molecule has 428 valence electrons. The molecule has 0 bridgehead atoms. The fraction of sp³-hybridized carbons (Fsp3) is 0.927. The highest BCUT2D eigenvalue weighted by Crippen LogP contribution is 2.42. The molecule has 5 aliphatic rings. The van der Waals surface area contributed by atoms with E-state index in [4.69, 9.17) is 47.9 Å². The number of carbonyl (C=O) groups excluding carboxylic acids is 3. The zero-order valence-electron chi connectivity index (χ0n) is 47.5. The molecule has 0 radical (unpaired) electrons. The Hall–Kier alpha value is -2.72. The highest BCUT2D eigenvalue weighted by atomic mass is 16.7. The van der Waals surface area contributed by atoms with Crippen LogP contribution < -0.4 is 10.9 Å². The van der Waals surface area contributed by atoms with E-state index in [1.807, 2.05) is 39.8 Å². The first-order valence-electron chi connectivity index (χ1n) is 28.1. The van der Waals surface area contributed by atoms with Crippen LogP contribution in [0.1, 0.15) is 179 Å². The number of hydrogen-bond acceptors (Lipinski definition) is 18. The Morgan fingerprint density at radius 1 is 0.851 bits per heavy atom. The second-order valence-electron chi connectivity index (χ2n) is 23.6. The van der Waals surface area contributed by atoms with E-state index >= 15 is 0 Å².